The van der Waals surface area contributed by atoms with Gasteiger partial charge in [-0.3, -0.25) is 10.1 Å². The molecule has 106 valence electrons. The number of aryl methyl sites for hydroxylation is 1. The van der Waals surface area contributed by atoms with Gasteiger partial charge in [0, 0.05) is 0 Å². The number of benzene rings is 1. The van der Waals surface area contributed by atoms with Crippen LogP contribution in [-0.2, 0) is 16.8 Å². The summed E-state index contributed by atoms with van der Waals surface area (Å²) in [5, 5.41) is 5.09. The number of ether oxygens (including phenoxy) is 2. The fourth-order valence-electron chi connectivity index (χ4n) is 3.06. The lowest BCUT2D eigenvalue weighted by Crippen LogP contribution is -2.46. The predicted octanol–water partition coefficient (Wildman–Crippen LogP) is 1.07. The van der Waals surface area contributed by atoms with Gasteiger partial charge in [-0.25, -0.2) is 4.79 Å². The van der Waals surface area contributed by atoms with Gasteiger partial charge in [0.05, 0.1) is 14.2 Å². The van der Waals surface area contributed by atoms with Gasteiger partial charge in [-0.05, 0) is 42.5 Å². The molecule has 0 saturated carbocycles. The first-order valence-electron chi connectivity index (χ1n) is 6.49. The summed E-state index contributed by atoms with van der Waals surface area (Å²) < 4.78 is 10.6. The van der Waals surface area contributed by atoms with Gasteiger partial charge in [-0.1, -0.05) is 0 Å². The molecule has 6 heteroatoms. The van der Waals surface area contributed by atoms with Crippen LogP contribution in [0.15, 0.2) is 12.1 Å². The number of amides is 3. The maximum atomic E-state index is 12.2. The number of hydrogen-bond acceptors (Lipinski definition) is 4. The number of imide groups is 1. The zero-order chi connectivity index (χ0) is 14.3. The minimum Gasteiger partial charge on any atom is -0.493 e. The van der Waals surface area contributed by atoms with Crippen molar-refractivity contribution in [2.24, 2.45) is 0 Å². The van der Waals surface area contributed by atoms with Crippen LogP contribution in [0.4, 0.5) is 4.79 Å². The third-order valence-electron chi connectivity index (χ3n) is 4.01. The van der Waals surface area contributed by atoms with E-state index in [-0.39, 0.29) is 5.91 Å². The SMILES string of the molecule is COc1cc2c(cc1OC)C1(CCC2)NC(=O)NC1=O. The van der Waals surface area contributed by atoms with Crippen molar-refractivity contribution < 1.29 is 19.1 Å². The number of fused-ring (bicyclic) bond motifs is 2. The van der Waals surface area contributed by atoms with Crippen molar-refractivity contribution in [3.8, 4) is 11.5 Å². The molecule has 1 atom stereocenters. The second-order valence-electron chi connectivity index (χ2n) is 5.03. The lowest BCUT2D eigenvalue weighted by Gasteiger charge is -2.33. The number of rotatable bonds is 2. The monoisotopic (exact) mass is 276 g/mol. The molecule has 1 aliphatic carbocycles. The second-order valence-corrected chi connectivity index (χ2v) is 5.03. The van der Waals surface area contributed by atoms with E-state index in [1.165, 1.54) is 0 Å². The van der Waals surface area contributed by atoms with Crippen LogP contribution in [-0.4, -0.2) is 26.2 Å². The first-order valence-corrected chi connectivity index (χ1v) is 6.49. The summed E-state index contributed by atoms with van der Waals surface area (Å²) in [6.45, 7) is 0. The smallest absolute Gasteiger partial charge is 0.322 e. The van der Waals surface area contributed by atoms with E-state index in [9.17, 15) is 9.59 Å². The van der Waals surface area contributed by atoms with E-state index in [2.05, 4.69) is 10.6 Å². The van der Waals surface area contributed by atoms with E-state index in [0.717, 1.165) is 24.0 Å². The standard InChI is InChI=1S/C14H16N2O4/c1-19-10-6-8-4-3-5-14(9(8)7-11(10)20-2)12(17)15-13(18)16-14/h6-7H,3-5H2,1-2H3,(H2,15,16,17,18). The fourth-order valence-corrected chi connectivity index (χ4v) is 3.06. The van der Waals surface area contributed by atoms with E-state index in [4.69, 9.17) is 9.47 Å². The summed E-state index contributed by atoms with van der Waals surface area (Å²) in [5.41, 5.74) is 0.834. The highest BCUT2D eigenvalue weighted by Crippen LogP contribution is 2.42. The number of carbonyl (C=O) groups excluding carboxylic acids is 2. The predicted molar refractivity (Wildman–Crippen MR) is 70.8 cm³/mol. The zero-order valence-corrected chi connectivity index (χ0v) is 11.4. The second kappa shape index (κ2) is 4.40. The van der Waals surface area contributed by atoms with Crippen LogP contribution in [0.25, 0.3) is 0 Å². The summed E-state index contributed by atoms with van der Waals surface area (Å²) >= 11 is 0. The Morgan fingerprint density at radius 3 is 2.45 bits per heavy atom. The molecular formula is C14H16N2O4. The van der Waals surface area contributed by atoms with E-state index in [0.29, 0.717) is 17.9 Å². The first kappa shape index (κ1) is 12.8. The molecule has 1 aromatic carbocycles. The van der Waals surface area contributed by atoms with Gasteiger partial charge >= 0.3 is 6.03 Å². The topological polar surface area (TPSA) is 76.7 Å². The molecule has 1 saturated heterocycles. The molecular weight excluding hydrogens is 260 g/mol. The van der Waals surface area contributed by atoms with Crippen molar-refractivity contribution in [1.29, 1.82) is 0 Å². The van der Waals surface area contributed by atoms with E-state index < -0.39 is 11.6 Å². The Balaban J connectivity index is 2.18. The molecule has 0 bridgehead atoms. The van der Waals surface area contributed by atoms with E-state index in [1.54, 1.807) is 20.3 Å². The van der Waals surface area contributed by atoms with Gasteiger partial charge < -0.3 is 14.8 Å². The molecule has 1 spiro atoms. The maximum Gasteiger partial charge on any atom is 0.322 e. The number of nitrogens with one attached hydrogen (secondary N) is 2. The molecule has 6 nitrogen and oxygen atoms in total. The number of urea groups is 1. The summed E-state index contributed by atoms with van der Waals surface area (Å²) in [5.74, 6) is 0.894. The molecule has 1 aromatic rings. The first-order chi connectivity index (χ1) is 9.60. The summed E-state index contributed by atoms with van der Waals surface area (Å²) in [6, 6.07) is 3.23. The van der Waals surface area contributed by atoms with Crippen molar-refractivity contribution in [3.63, 3.8) is 0 Å². The number of methoxy groups -OCH3 is 2. The Hall–Kier alpha value is -2.24. The summed E-state index contributed by atoms with van der Waals surface area (Å²) in [7, 11) is 3.12. The quantitative estimate of drug-likeness (QED) is 0.792. The largest absolute Gasteiger partial charge is 0.493 e. The lowest BCUT2D eigenvalue weighted by molar-refractivity contribution is -0.124. The highest BCUT2D eigenvalue weighted by molar-refractivity contribution is 6.07. The van der Waals surface area contributed by atoms with Crippen LogP contribution in [0.3, 0.4) is 0 Å². The highest BCUT2D eigenvalue weighted by atomic mass is 16.5. The normalized spacial score (nSPS) is 24.1. The van der Waals surface area contributed by atoms with Crippen molar-refractivity contribution in [1.82, 2.24) is 10.6 Å². The average molecular weight is 276 g/mol. The molecule has 20 heavy (non-hydrogen) atoms. The molecule has 2 aliphatic rings. The van der Waals surface area contributed by atoms with Crippen LogP contribution in [0.2, 0.25) is 0 Å². The van der Waals surface area contributed by atoms with Crippen LogP contribution < -0.4 is 20.1 Å². The van der Waals surface area contributed by atoms with Crippen molar-refractivity contribution in [3.05, 3.63) is 23.3 Å². The van der Waals surface area contributed by atoms with Crippen LogP contribution in [0.5, 0.6) is 11.5 Å². The molecule has 0 aromatic heterocycles. The molecule has 3 rings (SSSR count). The van der Waals surface area contributed by atoms with Crippen molar-refractivity contribution in [2.45, 2.75) is 24.8 Å². The van der Waals surface area contributed by atoms with Gasteiger partial charge in [-0.2, -0.15) is 0 Å². The Kier molecular flexibility index (Phi) is 2.81. The minimum absolute atomic E-state index is 0.296. The van der Waals surface area contributed by atoms with Crippen LogP contribution in [0.1, 0.15) is 24.0 Å². The molecule has 3 amide bonds. The molecule has 1 heterocycles. The molecule has 1 aliphatic heterocycles. The fraction of sp³-hybridized carbons (Fsp3) is 0.429. The molecule has 2 N–H and O–H groups in total. The van der Waals surface area contributed by atoms with Gasteiger partial charge in [-0.15, -0.1) is 0 Å². The zero-order valence-electron chi connectivity index (χ0n) is 11.4. The minimum atomic E-state index is -0.968. The van der Waals surface area contributed by atoms with Gasteiger partial charge in [0.2, 0.25) is 0 Å². The maximum absolute atomic E-state index is 12.2. The third-order valence-corrected chi connectivity index (χ3v) is 4.01. The Morgan fingerprint density at radius 2 is 1.85 bits per heavy atom. The highest BCUT2D eigenvalue weighted by Gasteiger charge is 2.50. The van der Waals surface area contributed by atoms with Crippen LogP contribution in [0, 0.1) is 0 Å². The molecule has 1 unspecified atom stereocenters. The van der Waals surface area contributed by atoms with Gasteiger partial charge in [0.25, 0.3) is 5.91 Å². The van der Waals surface area contributed by atoms with Gasteiger partial charge in [0.15, 0.2) is 11.5 Å². The Morgan fingerprint density at radius 1 is 1.15 bits per heavy atom. The molecule has 1 fully saturated rings. The average Bonchev–Trinajstić information content (AvgIpc) is 2.73. The Bertz CT molecular complexity index is 599. The van der Waals surface area contributed by atoms with Crippen molar-refractivity contribution >= 4 is 11.9 Å². The van der Waals surface area contributed by atoms with E-state index in [1.807, 2.05) is 6.07 Å². The number of hydrogen-bond donors (Lipinski definition) is 2. The lowest BCUT2D eigenvalue weighted by atomic mass is 9.76. The van der Waals surface area contributed by atoms with Gasteiger partial charge in [0.1, 0.15) is 5.54 Å². The Labute approximate surface area is 116 Å². The van der Waals surface area contributed by atoms with Crippen LogP contribution >= 0.6 is 0 Å². The molecule has 0 radical (unpaired) electrons. The number of carbonyl (C=O) groups is 2. The summed E-state index contributed by atoms with van der Waals surface area (Å²) in [6.07, 6.45) is 2.27. The van der Waals surface area contributed by atoms with Crippen molar-refractivity contribution in [2.75, 3.05) is 14.2 Å². The third kappa shape index (κ3) is 1.64. The van der Waals surface area contributed by atoms with E-state index >= 15 is 0 Å². The summed E-state index contributed by atoms with van der Waals surface area (Å²) in [4.78, 5) is 23.7.